The van der Waals surface area contributed by atoms with Crippen molar-refractivity contribution in [1.82, 2.24) is 0 Å². The fourth-order valence-corrected chi connectivity index (χ4v) is 12.0. The van der Waals surface area contributed by atoms with E-state index in [1.54, 1.807) is 60.6 Å². The number of methoxy groups -OCH3 is 4. The van der Waals surface area contributed by atoms with E-state index in [4.69, 9.17) is 56.8 Å². The minimum Gasteiger partial charge on any atom is -0.497 e. The highest BCUT2D eigenvalue weighted by Crippen LogP contribution is 2.47. The van der Waals surface area contributed by atoms with E-state index in [1.165, 1.54) is 48.4 Å². The predicted octanol–water partition coefficient (Wildman–Crippen LogP) is 3.61. The van der Waals surface area contributed by atoms with Crippen LogP contribution < -0.4 is 0 Å². The molecule has 470 valence electrons. The van der Waals surface area contributed by atoms with Crippen molar-refractivity contribution in [3.8, 4) is 0 Å². The van der Waals surface area contributed by atoms with Crippen molar-refractivity contribution < 1.29 is 108 Å². The Morgan fingerprint density at radius 3 is 1.91 bits per heavy atom. The van der Waals surface area contributed by atoms with Crippen molar-refractivity contribution in [2.45, 2.75) is 255 Å². The molecule has 24 atom stereocenters. The van der Waals surface area contributed by atoms with Crippen molar-refractivity contribution in [2.24, 2.45) is 11.8 Å². The summed E-state index contributed by atoms with van der Waals surface area (Å²) in [4.78, 5) is 14.5. The van der Waals surface area contributed by atoms with E-state index in [0.717, 1.165) is 11.1 Å². The van der Waals surface area contributed by atoms with Crippen LogP contribution in [0.5, 0.6) is 0 Å². The van der Waals surface area contributed by atoms with Crippen LogP contribution in [-0.4, -0.2) is 220 Å². The summed E-state index contributed by atoms with van der Waals surface area (Å²) >= 11 is 0. The third-order valence-electron chi connectivity index (χ3n) is 16.8. The molecule has 0 aromatic rings. The van der Waals surface area contributed by atoms with Crippen molar-refractivity contribution in [3.63, 3.8) is 0 Å². The van der Waals surface area contributed by atoms with Crippen LogP contribution in [0, 0.1) is 11.8 Å². The Bertz CT molecular complexity index is 2290. The summed E-state index contributed by atoms with van der Waals surface area (Å²) in [5.41, 5.74) is -1.99. The van der Waals surface area contributed by atoms with Crippen LogP contribution in [0.4, 0.5) is 0 Å². The maximum atomic E-state index is 14.5. The molecule has 5 heterocycles. The molecule has 0 aromatic carbocycles. The van der Waals surface area contributed by atoms with Gasteiger partial charge in [0.05, 0.1) is 67.0 Å². The second-order valence-corrected chi connectivity index (χ2v) is 24.1. The minimum absolute atomic E-state index is 0.0766. The van der Waals surface area contributed by atoms with Crippen LogP contribution in [-0.2, 0) is 61.6 Å². The first kappa shape index (κ1) is 69.7. The van der Waals surface area contributed by atoms with E-state index in [9.17, 15) is 50.8 Å². The van der Waals surface area contributed by atoms with Crippen LogP contribution in [0.2, 0.25) is 0 Å². The molecular weight excluding hydrogens is 1070 g/mol. The summed E-state index contributed by atoms with van der Waals surface area (Å²) < 4.78 is 73.6. The number of hydrogen-bond donors (Lipinski definition) is 9. The summed E-state index contributed by atoms with van der Waals surface area (Å²) in [5.74, 6) is -4.65. The summed E-state index contributed by atoms with van der Waals surface area (Å²) in [6.07, 6.45) is -10.9. The van der Waals surface area contributed by atoms with Gasteiger partial charge in [0.1, 0.15) is 60.2 Å². The normalized spacial score (nSPS) is 47.7. The molecule has 4 saturated heterocycles. The van der Waals surface area contributed by atoms with Crippen molar-refractivity contribution >= 4 is 5.97 Å². The van der Waals surface area contributed by atoms with Crippen LogP contribution in [0.1, 0.15) is 122 Å². The van der Waals surface area contributed by atoms with E-state index >= 15 is 0 Å². The summed E-state index contributed by atoms with van der Waals surface area (Å²) in [6.45, 7) is 22.1. The van der Waals surface area contributed by atoms with Crippen LogP contribution >= 0.6 is 0 Å². The molecule has 0 radical (unpaired) electrons. The van der Waals surface area contributed by atoms with Gasteiger partial charge in [0.15, 0.2) is 18.9 Å². The molecule has 0 amide bonds. The highest BCUT2D eigenvalue weighted by atomic mass is 16.7. The third-order valence-corrected chi connectivity index (χ3v) is 16.8. The Hall–Kier alpha value is -3.05. The van der Waals surface area contributed by atoms with E-state index in [0.29, 0.717) is 17.6 Å². The fraction of sp³-hybridized carbons (Fsp3) is 0.783. The second kappa shape index (κ2) is 29.1. The number of allylic oxidation sites excluding steroid dienone is 7. The van der Waals surface area contributed by atoms with Crippen molar-refractivity contribution in [2.75, 3.05) is 35.0 Å². The number of aliphatic hydroxyl groups is 9. The molecule has 0 aliphatic carbocycles. The molecule has 82 heavy (non-hydrogen) atoms. The SMILES string of the molecule is COCCCC1OC(O)(C(C)C2CC(OC)C(O)/C=C(C)/C=C(C)/C=C(\C)C(O[C@@H]3O[C@@H](C)[C@H](O)[C@@H](O)[C@@H]3O)C(C)/C=C(C)/C=C(OC)/C=C(\C)C(=O)O2)C(OC)C(O)C1(C)O[C@H]1C[C@@](C)(O)[C@H](O[C@H]2C[C@@](C)(O)[C@H](O)[C@@H](C)O2)[C@@H](C)O1. The molecule has 22 nitrogen and oxygen atoms in total. The predicted molar refractivity (Wildman–Crippen MR) is 298 cm³/mol. The maximum absolute atomic E-state index is 14.5. The summed E-state index contributed by atoms with van der Waals surface area (Å²) in [7, 11) is 5.64. The van der Waals surface area contributed by atoms with Gasteiger partial charge in [0, 0.05) is 58.7 Å². The largest absolute Gasteiger partial charge is 0.497 e. The number of carbonyl (C=O) groups is 1. The Morgan fingerprint density at radius 2 is 1.32 bits per heavy atom. The molecule has 0 saturated carbocycles. The quantitative estimate of drug-likeness (QED) is 0.0836. The van der Waals surface area contributed by atoms with Gasteiger partial charge in [-0.3, -0.25) is 0 Å². The lowest BCUT2D eigenvalue weighted by molar-refractivity contribution is -0.419. The monoisotopic (exact) mass is 1170 g/mol. The number of aliphatic hydroxyl groups excluding tert-OH is 6. The topological polar surface area (TPSA) is 310 Å². The van der Waals surface area contributed by atoms with Crippen LogP contribution in [0.15, 0.2) is 70.1 Å². The Balaban J connectivity index is 1.51. The number of rotatable bonds is 15. The molecule has 5 aliphatic heterocycles. The van der Waals surface area contributed by atoms with E-state index in [1.807, 2.05) is 45.9 Å². The maximum Gasteiger partial charge on any atom is 0.334 e. The van der Waals surface area contributed by atoms with Gasteiger partial charge < -0.3 is 103 Å². The van der Waals surface area contributed by atoms with E-state index in [-0.39, 0.29) is 43.6 Å². The number of cyclic esters (lactones) is 1. The Morgan fingerprint density at radius 1 is 0.683 bits per heavy atom. The zero-order valence-electron chi connectivity index (χ0n) is 51.1. The molecule has 5 aliphatic rings. The number of ether oxygens (including phenoxy) is 12. The molecule has 9 N–H and O–H groups in total. The molecule has 5 rings (SSSR count). The van der Waals surface area contributed by atoms with Gasteiger partial charge in [-0.25, -0.2) is 4.79 Å². The average Bonchev–Trinajstić information content (AvgIpc) is 3.59. The van der Waals surface area contributed by atoms with Crippen molar-refractivity contribution in [3.05, 3.63) is 70.1 Å². The van der Waals surface area contributed by atoms with Gasteiger partial charge in [0.25, 0.3) is 0 Å². The van der Waals surface area contributed by atoms with Crippen LogP contribution in [0.3, 0.4) is 0 Å². The highest BCUT2D eigenvalue weighted by Gasteiger charge is 2.65. The molecule has 0 aromatic heterocycles. The average molecular weight is 1170 g/mol. The highest BCUT2D eigenvalue weighted by molar-refractivity contribution is 5.88. The van der Waals surface area contributed by atoms with E-state index in [2.05, 4.69) is 0 Å². The third kappa shape index (κ3) is 16.5. The van der Waals surface area contributed by atoms with Gasteiger partial charge in [-0.1, -0.05) is 54.9 Å². The number of hydrogen-bond acceptors (Lipinski definition) is 22. The lowest BCUT2D eigenvalue weighted by Gasteiger charge is -2.57. The smallest absolute Gasteiger partial charge is 0.334 e. The fourth-order valence-electron chi connectivity index (χ4n) is 12.0. The zero-order chi connectivity index (χ0) is 61.6. The number of carbonyl (C=O) groups excluding carboxylic acids is 1. The Labute approximate surface area is 484 Å². The molecule has 22 heteroatoms. The van der Waals surface area contributed by atoms with Gasteiger partial charge in [-0.2, -0.15) is 0 Å². The molecule has 0 spiro atoms. The Kier molecular flexibility index (Phi) is 24.7. The molecular formula is C60H98O22. The summed E-state index contributed by atoms with van der Waals surface area (Å²) in [5, 5.41) is 103. The minimum atomic E-state index is -2.44. The molecule has 0 bridgehead atoms. The van der Waals surface area contributed by atoms with Gasteiger partial charge in [0.2, 0.25) is 5.79 Å². The standard InChI is InChI=1S/C60H98O22/c1-30-21-31(2)25-41(61)43(73-16)27-42(78-55(67)35(6)26-40(72-15)24-32(3)23-34(5)50(33(4)22-30)80-56-49(64)48(63)47(62)37(8)77-56)36(7)60(70)54(74-17)52(66)59(13,44(81-60)19-18-20-71-14)82-46-29-58(12,69)53(39(10)76-46)79-45-28-57(11,68)51(65)38(9)75-45/h21-26,34,36-39,41-54,56,61-66,68-70H,18-20,27-29H2,1-17H3/b30-21+,31-25+,32-23+,33-22+,35-26+,40-24-/t34?,36?,37-,38+,39+,41?,42?,43?,44?,45-,46-,47-,48+,49-,50?,51+,52?,53+,54?,56-,57+,58+,59?,60?/m0/s1. The van der Waals surface area contributed by atoms with Gasteiger partial charge in [-0.15, -0.1) is 0 Å². The van der Waals surface area contributed by atoms with Gasteiger partial charge >= 0.3 is 5.97 Å². The second-order valence-electron chi connectivity index (χ2n) is 24.1. The van der Waals surface area contributed by atoms with Crippen molar-refractivity contribution in [1.29, 1.82) is 0 Å². The zero-order valence-corrected chi connectivity index (χ0v) is 51.1. The lowest BCUT2D eigenvalue weighted by Crippen LogP contribution is -2.74. The molecule has 11 unspecified atom stereocenters. The van der Waals surface area contributed by atoms with Gasteiger partial charge in [-0.05, 0) is 107 Å². The van der Waals surface area contributed by atoms with Crippen LogP contribution in [0.25, 0.3) is 0 Å². The lowest BCUT2D eigenvalue weighted by atomic mass is 9.75. The first-order valence-electron chi connectivity index (χ1n) is 28.5. The summed E-state index contributed by atoms with van der Waals surface area (Å²) in [6, 6.07) is 0. The molecule has 4 fully saturated rings. The first-order valence-corrected chi connectivity index (χ1v) is 28.5. The van der Waals surface area contributed by atoms with E-state index < -0.39 is 151 Å². The number of esters is 1. The first-order chi connectivity index (χ1) is 38.2.